The highest BCUT2D eigenvalue weighted by Crippen LogP contribution is 2.36. The molecule has 1 aliphatic rings. The fourth-order valence-electron chi connectivity index (χ4n) is 4.72. The van der Waals surface area contributed by atoms with E-state index in [1.165, 1.54) is 0 Å². The molecule has 0 fully saturated rings. The second kappa shape index (κ2) is 9.61. The first-order valence-electron chi connectivity index (χ1n) is 11.3. The number of anilines is 1. The minimum absolute atomic E-state index is 0.162. The lowest BCUT2D eigenvalue weighted by molar-refractivity contribution is -0.139. The van der Waals surface area contributed by atoms with Gasteiger partial charge in [0.15, 0.2) is 0 Å². The van der Waals surface area contributed by atoms with Gasteiger partial charge in [-0.2, -0.15) is 0 Å². The van der Waals surface area contributed by atoms with Gasteiger partial charge in [-0.25, -0.2) is 0 Å². The molecule has 3 aromatic rings. The van der Waals surface area contributed by atoms with Crippen LogP contribution in [0.4, 0.5) is 5.69 Å². The summed E-state index contributed by atoms with van der Waals surface area (Å²) in [6.07, 6.45) is 9.87. The van der Waals surface area contributed by atoms with Gasteiger partial charge in [-0.3, -0.25) is 14.6 Å². The molecular formula is C28H29N3O3. The van der Waals surface area contributed by atoms with E-state index in [2.05, 4.69) is 17.2 Å². The first-order valence-corrected chi connectivity index (χ1v) is 11.3. The summed E-state index contributed by atoms with van der Waals surface area (Å²) >= 11 is 0. The van der Waals surface area contributed by atoms with Crippen LogP contribution in [0.1, 0.15) is 30.9 Å². The average Bonchev–Trinajstić information content (AvgIpc) is 2.80. The molecule has 0 saturated heterocycles. The Morgan fingerprint density at radius 3 is 2.71 bits per heavy atom. The van der Waals surface area contributed by atoms with E-state index in [0.29, 0.717) is 12.1 Å². The predicted octanol–water partition coefficient (Wildman–Crippen LogP) is 4.68. The van der Waals surface area contributed by atoms with E-state index in [9.17, 15) is 14.7 Å². The monoisotopic (exact) mass is 455 g/mol. The number of carboxylic acids is 1. The van der Waals surface area contributed by atoms with Crippen molar-refractivity contribution in [1.29, 1.82) is 0 Å². The highest BCUT2D eigenvalue weighted by Gasteiger charge is 2.30. The van der Waals surface area contributed by atoms with Gasteiger partial charge in [0.25, 0.3) is 0 Å². The van der Waals surface area contributed by atoms with Crippen molar-refractivity contribution in [2.45, 2.75) is 26.2 Å². The molecule has 4 N–H and O–H groups in total. The van der Waals surface area contributed by atoms with Crippen molar-refractivity contribution in [2.24, 2.45) is 17.1 Å². The number of nitrogens with one attached hydrogen (secondary N) is 1. The minimum Gasteiger partial charge on any atom is -0.481 e. The Morgan fingerprint density at radius 1 is 1.18 bits per heavy atom. The van der Waals surface area contributed by atoms with Crippen LogP contribution in [0.25, 0.3) is 10.8 Å². The molecule has 1 heterocycles. The van der Waals surface area contributed by atoms with Crippen LogP contribution >= 0.6 is 0 Å². The standard InChI is InChI=1S/C28H29N3O3/c1-18-14-28(2,11-9-23(18)27(33)34)15-20-5-3-4-6-24(20)25(16-29)26(32)31-22-8-7-21-17-30-12-10-19(21)13-22/h3-14,17,23,25H,15-16,29H2,1-2H3,(H,31,32)(H,33,34)/t23?,25-,28?/m1/s1. The number of benzene rings is 2. The van der Waals surface area contributed by atoms with Crippen LogP contribution in [-0.4, -0.2) is 28.5 Å². The van der Waals surface area contributed by atoms with Gasteiger partial charge in [-0.1, -0.05) is 61.1 Å². The first kappa shape index (κ1) is 23.4. The number of rotatable bonds is 7. The highest BCUT2D eigenvalue weighted by molar-refractivity contribution is 5.98. The lowest BCUT2D eigenvalue weighted by Crippen LogP contribution is -2.29. The van der Waals surface area contributed by atoms with E-state index in [1.54, 1.807) is 18.5 Å². The zero-order valence-corrected chi connectivity index (χ0v) is 19.4. The van der Waals surface area contributed by atoms with Gasteiger partial charge in [0.2, 0.25) is 5.91 Å². The summed E-state index contributed by atoms with van der Waals surface area (Å²) in [5.74, 6) is -2.12. The number of nitrogens with zero attached hydrogens (tertiary/aromatic N) is 1. The Balaban J connectivity index is 1.58. The molecule has 3 atom stereocenters. The second-order valence-electron chi connectivity index (χ2n) is 9.16. The number of hydrogen-bond acceptors (Lipinski definition) is 4. The minimum atomic E-state index is -0.850. The van der Waals surface area contributed by atoms with Gasteiger partial charge < -0.3 is 16.2 Å². The van der Waals surface area contributed by atoms with Crippen LogP contribution < -0.4 is 11.1 Å². The van der Waals surface area contributed by atoms with Crippen molar-refractivity contribution in [3.8, 4) is 0 Å². The van der Waals surface area contributed by atoms with Crippen LogP contribution in [0, 0.1) is 11.3 Å². The number of carbonyl (C=O) groups excluding carboxylic acids is 1. The maximum atomic E-state index is 13.3. The molecule has 174 valence electrons. The number of aromatic nitrogens is 1. The molecule has 0 radical (unpaired) electrons. The summed E-state index contributed by atoms with van der Waals surface area (Å²) in [6.45, 7) is 4.09. The molecule has 0 saturated carbocycles. The van der Waals surface area contributed by atoms with Crippen molar-refractivity contribution in [3.05, 3.63) is 95.9 Å². The normalized spacial score (nSPS) is 20.6. The summed E-state index contributed by atoms with van der Waals surface area (Å²) in [5, 5.41) is 14.4. The quantitative estimate of drug-likeness (QED) is 0.449. The van der Waals surface area contributed by atoms with E-state index in [0.717, 1.165) is 27.5 Å². The van der Waals surface area contributed by atoms with Crippen LogP contribution in [0.3, 0.4) is 0 Å². The van der Waals surface area contributed by atoms with Crippen molar-refractivity contribution >= 4 is 28.3 Å². The Kier molecular flexibility index (Phi) is 6.61. The lowest BCUT2D eigenvalue weighted by Gasteiger charge is -2.30. The van der Waals surface area contributed by atoms with Gasteiger partial charge in [-0.05, 0) is 48.1 Å². The third kappa shape index (κ3) is 4.92. The van der Waals surface area contributed by atoms with E-state index in [4.69, 9.17) is 5.73 Å². The summed E-state index contributed by atoms with van der Waals surface area (Å²) in [7, 11) is 0. The van der Waals surface area contributed by atoms with Gasteiger partial charge >= 0.3 is 5.97 Å². The third-order valence-electron chi connectivity index (χ3n) is 6.45. The van der Waals surface area contributed by atoms with E-state index in [-0.39, 0.29) is 17.9 Å². The van der Waals surface area contributed by atoms with E-state index in [1.807, 2.05) is 67.6 Å². The van der Waals surface area contributed by atoms with Crippen molar-refractivity contribution in [1.82, 2.24) is 4.98 Å². The molecule has 6 nitrogen and oxygen atoms in total. The number of fused-ring (bicyclic) bond motifs is 1. The fourth-order valence-corrected chi connectivity index (χ4v) is 4.72. The summed E-state index contributed by atoms with van der Waals surface area (Å²) in [4.78, 5) is 28.9. The number of aliphatic carboxylic acids is 1. The summed E-state index contributed by atoms with van der Waals surface area (Å²) < 4.78 is 0. The van der Waals surface area contributed by atoms with E-state index >= 15 is 0 Å². The zero-order valence-electron chi connectivity index (χ0n) is 19.4. The fraction of sp³-hybridized carbons (Fsp3) is 0.250. The lowest BCUT2D eigenvalue weighted by atomic mass is 9.74. The number of hydrogen-bond donors (Lipinski definition) is 3. The number of amides is 1. The molecule has 6 heteroatoms. The maximum absolute atomic E-state index is 13.3. The largest absolute Gasteiger partial charge is 0.481 e. The smallest absolute Gasteiger partial charge is 0.314 e. The van der Waals surface area contributed by atoms with Crippen molar-refractivity contribution < 1.29 is 14.7 Å². The van der Waals surface area contributed by atoms with Gasteiger partial charge in [-0.15, -0.1) is 0 Å². The van der Waals surface area contributed by atoms with Crippen LogP contribution in [-0.2, 0) is 16.0 Å². The molecule has 34 heavy (non-hydrogen) atoms. The van der Waals surface area contributed by atoms with Gasteiger partial charge in [0.05, 0.1) is 11.8 Å². The van der Waals surface area contributed by atoms with Gasteiger partial charge in [0.1, 0.15) is 0 Å². The van der Waals surface area contributed by atoms with Crippen molar-refractivity contribution in [3.63, 3.8) is 0 Å². The molecule has 4 rings (SSSR count). The summed E-state index contributed by atoms with van der Waals surface area (Å²) in [6, 6.07) is 15.5. The molecule has 2 unspecified atom stereocenters. The second-order valence-corrected chi connectivity index (χ2v) is 9.16. The Labute approximate surface area is 199 Å². The number of carboxylic acid groups (broad SMARTS) is 1. The zero-order chi connectivity index (χ0) is 24.3. The Morgan fingerprint density at radius 2 is 1.97 bits per heavy atom. The first-order chi connectivity index (χ1) is 16.3. The molecule has 2 aromatic carbocycles. The topological polar surface area (TPSA) is 105 Å². The van der Waals surface area contributed by atoms with Crippen LogP contribution in [0.5, 0.6) is 0 Å². The SMILES string of the molecule is CC1=CC(C)(Cc2ccccc2[C@@H](CN)C(=O)Nc2ccc3cnccc3c2)C=CC1C(=O)O. The highest BCUT2D eigenvalue weighted by atomic mass is 16.4. The van der Waals surface area contributed by atoms with Crippen molar-refractivity contribution in [2.75, 3.05) is 11.9 Å². The molecule has 1 aliphatic carbocycles. The average molecular weight is 456 g/mol. The number of nitrogens with two attached hydrogens (primary N) is 1. The number of allylic oxidation sites excluding steroid dienone is 2. The Bertz CT molecular complexity index is 1300. The maximum Gasteiger partial charge on any atom is 0.314 e. The summed E-state index contributed by atoms with van der Waals surface area (Å²) in [5.41, 5.74) is 9.17. The predicted molar refractivity (Wildman–Crippen MR) is 134 cm³/mol. The number of pyridine rings is 1. The molecule has 0 spiro atoms. The molecular weight excluding hydrogens is 426 g/mol. The van der Waals surface area contributed by atoms with E-state index < -0.39 is 17.8 Å². The third-order valence-corrected chi connectivity index (χ3v) is 6.45. The molecule has 0 bridgehead atoms. The van der Waals surface area contributed by atoms with Crippen LogP contribution in [0.15, 0.2) is 84.7 Å². The van der Waals surface area contributed by atoms with Crippen LogP contribution in [0.2, 0.25) is 0 Å². The number of carbonyl (C=O) groups is 2. The Hall–Kier alpha value is -3.77. The molecule has 1 aromatic heterocycles. The molecule has 1 amide bonds. The van der Waals surface area contributed by atoms with Gasteiger partial charge in [0, 0.05) is 35.4 Å². The molecule has 0 aliphatic heterocycles.